The van der Waals surface area contributed by atoms with Gasteiger partial charge in [-0.05, 0) is 44.1 Å². The van der Waals surface area contributed by atoms with Gasteiger partial charge in [-0.15, -0.1) is 0 Å². The van der Waals surface area contributed by atoms with E-state index in [2.05, 4.69) is 16.0 Å². The quantitative estimate of drug-likeness (QED) is 0.125. The van der Waals surface area contributed by atoms with Crippen molar-refractivity contribution in [3.63, 3.8) is 0 Å². The maximum absolute atomic E-state index is 13.0. The number of aliphatic carboxylic acids is 1. The van der Waals surface area contributed by atoms with E-state index in [1.54, 1.807) is 13.8 Å². The first-order valence-electron chi connectivity index (χ1n) is 11.7. The van der Waals surface area contributed by atoms with Gasteiger partial charge in [0.2, 0.25) is 23.6 Å². The van der Waals surface area contributed by atoms with Crippen LogP contribution in [0.25, 0.3) is 0 Å². The summed E-state index contributed by atoms with van der Waals surface area (Å²) >= 11 is 0. The molecule has 0 bridgehead atoms. The number of nitrogens with one attached hydrogen (secondary N) is 3. The Bertz CT molecular complexity index is 699. The van der Waals surface area contributed by atoms with Gasteiger partial charge in [-0.2, -0.15) is 0 Å². The first-order chi connectivity index (χ1) is 15.8. The Labute approximate surface area is 201 Å². The fraction of sp³-hybridized carbons (Fsp3) is 0.773. The second-order valence-electron chi connectivity index (χ2n) is 9.34. The minimum atomic E-state index is -1.40. The minimum absolute atomic E-state index is 0.00960. The Morgan fingerprint density at radius 3 is 1.71 bits per heavy atom. The van der Waals surface area contributed by atoms with Gasteiger partial charge in [0.1, 0.15) is 18.1 Å². The molecule has 0 aliphatic carbocycles. The molecule has 4 atom stereocenters. The van der Waals surface area contributed by atoms with Gasteiger partial charge in [0.15, 0.2) is 0 Å². The molecule has 0 rings (SSSR count). The number of amides is 4. The van der Waals surface area contributed by atoms with Crippen molar-refractivity contribution in [1.82, 2.24) is 16.0 Å². The Morgan fingerprint density at radius 1 is 0.765 bits per heavy atom. The van der Waals surface area contributed by atoms with Gasteiger partial charge < -0.3 is 38.3 Å². The van der Waals surface area contributed by atoms with Gasteiger partial charge in [-0.25, -0.2) is 4.79 Å². The predicted octanol–water partition coefficient (Wildman–Crippen LogP) is -1.05. The number of rotatable bonds is 17. The van der Waals surface area contributed by atoms with Crippen molar-refractivity contribution in [3.05, 3.63) is 0 Å². The molecule has 0 radical (unpaired) electrons. The second kappa shape index (κ2) is 16.0. The Balaban J connectivity index is 5.45. The molecule has 0 aromatic heterocycles. The van der Waals surface area contributed by atoms with E-state index < -0.39 is 60.2 Å². The van der Waals surface area contributed by atoms with E-state index in [0.29, 0.717) is 19.4 Å². The molecule has 0 fully saturated rings. The summed E-state index contributed by atoms with van der Waals surface area (Å²) in [5, 5.41) is 16.8. The van der Waals surface area contributed by atoms with E-state index in [0.717, 1.165) is 6.42 Å². The Hall–Kier alpha value is -2.73. The number of carbonyl (C=O) groups is 5. The molecular weight excluding hydrogens is 444 g/mol. The molecule has 196 valence electrons. The lowest BCUT2D eigenvalue weighted by atomic mass is 10.0. The van der Waals surface area contributed by atoms with Crippen LogP contribution in [0.5, 0.6) is 0 Å². The normalized spacial score (nSPS) is 14.7. The minimum Gasteiger partial charge on any atom is -0.480 e. The third-order valence-corrected chi connectivity index (χ3v) is 5.01. The number of carboxylic acids is 1. The summed E-state index contributed by atoms with van der Waals surface area (Å²) in [6.07, 6.45) is 1.66. The van der Waals surface area contributed by atoms with Crippen molar-refractivity contribution in [2.75, 3.05) is 6.54 Å². The number of hydrogen-bond acceptors (Lipinski definition) is 7. The number of primary amides is 1. The number of unbranched alkanes of at least 4 members (excludes halogenated alkanes) is 1. The number of carboxylic acid groups (broad SMARTS) is 1. The van der Waals surface area contributed by atoms with Crippen LogP contribution in [0.1, 0.15) is 66.2 Å². The van der Waals surface area contributed by atoms with Crippen LogP contribution in [0.15, 0.2) is 0 Å². The van der Waals surface area contributed by atoms with Crippen LogP contribution in [-0.4, -0.2) is 65.4 Å². The van der Waals surface area contributed by atoms with Crippen LogP contribution in [0, 0.1) is 11.8 Å². The molecule has 0 aliphatic heterocycles. The number of nitrogens with two attached hydrogens (primary N) is 3. The number of carbonyl (C=O) groups excluding carboxylic acids is 4. The summed E-state index contributed by atoms with van der Waals surface area (Å²) in [5.41, 5.74) is 16.6. The lowest BCUT2D eigenvalue weighted by Gasteiger charge is -2.26. The van der Waals surface area contributed by atoms with Crippen molar-refractivity contribution in [1.29, 1.82) is 0 Å². The molecule has 4 unspecified atom stereocenters. The first kappa shape index (κ1) is 31.3. The molecule has 10 N–H and O–H groups in total. The monoisotopic (exact) mass is 486 g/mol. The van der Waals surface area contributed by atoms with Crippen molar-refractivity contribution in [2.45, 2.75) is 90.4 Å². The third kappa shape index (κ3) is 13.1. The zero-order chi connectivity index (χ0) is 26.4. The molecule has 0 spiro atoms. The third-order valence-electron chi connectivity index (χ3n) is 5.01. The molecule has 0 saturated carbocycles. The van der Waals surface area contributed by atoms with Gasteiger partial charge in [0.05, 0.1) is 12.5 Å². The van der Waals surface area contributed by atoms with Gasteiger partial charge >= 0.3 is 5.97 Å². The van der Waals surface area contributed by atoms with Gasteiger partial charge in [-0.1, -0.05) is 34.1 Å². The topological polar surface area (TPSA) is 220 Å². The summed E-state index contributed by atoms with van der Waals surface area (Å²) in [4.78, 5) is 61.2. The van der Waals surface area contributed by atoms with Crippen LogP contribution in [0.2, 0.25) is 0 Å². The second-order valence-corrected chi connectivity index (χ2v) is 9.34. The molecule has 4 amide bonds. The maximum Gasteiger partial charge on any atom is 0.326 e. The van der Waals surface area contributed by atoms with E-state index in [1.165, 1.54) is 0 Å². The summed E-state index contributed by atoms with van der Waals surface area (Å²) in [5.74, 6) is -4.18. The molecule has 0 heterocycles. The van der Waals surface area contributed by atoms with Gasteiger partial charge in [0, 0.05) is 0 Å². The van der Waals surface area contributed by atoms with Crippen LogP contribution in [0.3, 0.4) is 0 Å². The molecule has 0 aromatic carbocycles. The zero-order valence-electron chi connectivity index (χ0n) is 20.6. The van der Waals surface area contributed by atoms with Crippen LogP contribution in [0.4, 0.5) is 0 Å². The van der Waals surface area contributed by atoms with E-state index in [-0.39, 0.29) is 24.7 Å². The average Bonchev–Trinajstić information content (AvgIpc) is 2.71. The SMILES string of the molecule is CC(C)CC(NC(=O)C(CC(N)=O)NC(=O)C(CC(C)C)NC(=O)C(N)CCCCN)C(=O)O. The van der Waals surface area contributed by atoms with Crippen molar-refractivity contribution in [3.8, 4) is 0 Å². The van der Waals surface area contributed by atoms with Crippen molar-refractivity contribution >= 4 is 29.6 Å². The summed E-state index contributed by atoms with van der Waals surface area (Å²) in [6, 6.07) is -4.44. The molecule has 0 saturated heterocycles. The Kier molecular flexibility index (Phi) is 14.7. The fourth-order valence-electron chi connectivity index (χ4n) is 3.27. The van der Waals surface area contributed by atoms with Crippen LogP contribution in [-0.2, 0) is 24.0 Å². The standard InChI is InChI=1S/C22H42N6O6/c1-12(2)9-15(26-19(30)14(24)7-5-6-8-23)20(31)27-16(11-18(25)29)21(32)28-17(22(33)34)10-13(3)4/h12-17H,5-11,23-24H2,1-4H3,(H2,25,29)(H,26,30)(H,27,31)(H,28,32)(H,33,34). The summed E-state index contributed by atoms with van der Waals surface area (Å²) < 4.78 is 0. The van der Waals surface area contributed by atoms with E-state index in [9.17, 15) is 29.1 Å². The molecular formula is C22H42N6O6. The molecule has 0 aromatic rings. The van der Waals surface area contributed by atoms with Gasteiger partial charge in [0.25, 0.3) is 0 Å². The summed E-state index contributed by atoms with van der Waals surface area (Å²) in [7, 11) is 0. The average molecular weight is 487 g/mol. The molecule has 12 heteroatoms. The smallest absolute Gasteiger partial charge is 0.326 e. The first-order valence-corrected chi connectivity index (χ1v) is 11.7. The van der Waals surface area contributed by atoms with Crippen molar-refractivity contribution < 1.29 is 29.1 Å². The maximum atomic E-state index is 13.0. The zero-order valence-corrected chi connectivity index (χ0v) is 20.6. The van der Waals surface area contributed by atoms with Gasteiger partial charge in [-0.3, -0.25) is 19.2 Å². The molecule has 0 aliphatic rings. The highest BCUT2D eigenvalue weighted by atomic mass is 16.4. The lowest BCUT2D eigenvalue weighted by molar-refractivity contribution is -0.143. The Morgan fingerprint density at radius 2 is 1.24 bits per heavy atom. The fourth-order valence-corrected chi connectivity index (χ4v) is 3.27. The highest BCUT2D eigenvalue weighted by molar-refractivity contribution is 5.96. The predicted molar refractivity (Wildman–Crippen MR) is 127 cm³/mol. The van der Waals surface area contributed by atoms with E-state index in [1.807, 2.05) is 13.8 Å². The highest BCUT2D eigenvalue weighted by Crippen LogP contribution is 2.09. The molecule has 12 nitrogen and oxygen atoms in total. The lowest BCUT2D eigenvalue weighted by Crippen LogP contribution is -2.58. The largest absolute Gasteiger partial charge is 0.480 e. The number of hydrogen-bond donors (Lipinski definition) is 7. The van der Waals surface area contributed by atoms with Crippen molar-refractivity contribution in [2.24, 2.45) is 29.0 Å². The van der Waals surface area contributed by atoms with Crippen LogP contribution < -0.4 is 33.2 Å². The highest BCUT2D eigenvalue weighted by Gasteiger charge is 2.31. The summed E-state index contributed by atoms with van der Waals surface area (Å²) in [6.45, 7) is 7.78. The van der Waals surface area contributed by atoms with E-state index in [4.69, 9.17) is 17.2 Å². The van der Waals surface area contributed by atoms with E-state index >= 15 is 0 Å². The van der Waals surface area contributed by atoms with Crippen LogP contribution >= 0.6 is 0 Å². The molecule has 34 heavy (non-hydrogen) atoms.